The molecule has 0 spiro atoms. The van der Waals surface area contributed by atoms with Crippen molar-refractivity contribution in [3.05, 3.63) is 57.5 Å². The number of pyridine rings is 1. The molecule has 5 heteroatoms. The van der Waals surface area contributed by atoms with Crippen LogP contribution in [0.3, 0.4) is 0 Å². The monoisotopic (exact) mass is 315 g/mol. The van der Waals surface area contributed by atoms with Crippen LogP contribution >= 0.6 is 27.5 Å². The van der Waals surface area contributed by atoms with Crippen molar-refractivity contribution in [3.63, 3.8) is 0 Å². The average molecular weight is 317 g/mol. The molecule has 0 radical (unpaired) electrons. The first-order valence-corrected chi connectivity index (χ1v) is 6.01. The van der Waals surface area contributed by atoms with Crippen LogP contribution < -0.4 is 4.74 Å². The van der Waals surface area contributed by atoms with Crippen LogP contribution in [0, 0.1) is 5.82 Å². The van der Waals surface area contributed by atoms with Gasteiger partial charge in [0.1, 0.15) is 12.4 Å². The van der Waals surface area contributed by atoms with Crippen LogP contribution in [0.25, 0.3) is 0 Å². The standard InChI is InChI=1S/C12H8BrClFNO/c13-10-6-9(15)4-3-8(10)7-17-11-2-1-5-16-12(11)14/h1-6H,7H2. The minimum Gasteiger partial charge on any atom is -0.486 e. The van der Waals surface area contributed by atoms with Crippen molar-refractivity contribution in [2.24, 2.45) is 0 Å². The molecule has 0 N–H and O–H groups in total. The number of halogens is 3. The van der Waals surface area contributed by atoms with Crippen LogP contribution in [0.5, 0.6) is 5.75 Å². The summed E-state index contributed by atoms with van der Waals surface area (Å²) in [7, 11) is 0. The van der Waals surface area contributed by atoms with Gasteiger partial charge in [-0.1, -0.05) is 33.6 Å². The van der Waals surface area contributed by atoms with Crippen LogP contribution in [0.1, 0.15) is 5.56 Å². The molecule has 0 aliphatic rings. The average Bonchev–Trinajstić information content (AvgIpc) is 2.30. The lowest BCUT2D eigenvalue weighted by molar-refractivity contribution is 0.304. The molecule has 0 unspecified atom stereocenters. The Hall–Kier alpha value is -1.13. The Labute approximate surface area is 112 Å². The second-order valence-corrected chi connectivity index (χ2v) is 4.53. The normalized spacial score (nSPS) is 10.3. The zero-order valence-corrected chi connectivity index (χ0v) is 11.0. The van der Waals surface area contributed by atoms with Gasteiger partial charge in [-0.2, -0.15) is 0 Å². The highest BCUT2D eigenvalue weighted by atomic mass is 79.9. The van der Waals surface area contributed by atoms with Crippen LogP contribution in [-0.2, 0) is 6.61 Å². The van der Waals surface area contributed by atoms with E-state index >= 15 is 0 Å². The summed E-state index contributed by atoms with van der Waals surface area (Å²) >= 11 is 9.12. The van der Waals surface area contributed by atoms with Crippen molar-refractivity contribution in [1.29, 1.82) is 0 Å². The maximum atomic E-state index is 12.9. The van der Waals surface area contributed by atoms with Gasteiger partial charge < -0.3 is 4.74 Å². The third kappa shape index (κ3) is 3.17. The van der Waals surface area contributed by atoms with Gasteiger partial charge in [-0.05, 0) is 24.3 Å². The zero-order valence-electron chi connectivity index (χ0n) is 8.66. The van der Waals surface area contributed by atoms with Gasteiger partial charge in [0.05, 0.1) is 0 Å². The van der Waals surface area contributed by atoms with Gasteiger partial charge in [-0.3, -0.25) is 0 Å². The van der Waals surface area contributed by atoms with Gasteiger partial charge in [-0.25, -0.2) is 9.37 Å². The molecule has 0 bridgehead atoms. The predicted octanol–water partition coefficient (Wildman–Crippen LogP) is 4.22. The Morgan fingerprint density at radius 1 is 1.35 bits per heavy atom. The third-order valence-electron chi connectivity index (χ3n) is 2.12. The highest BCUT2D eigenvalue weighted by molar-refractivity contribution is 9.10. The largest absolute Gasteiger partial charge is 0.486 e. The molecular formula is C12H8BrClFNO. The molecule has 0 saturated heterocycles. The van der Waals surface area contributed by atoms with E-state index in [4.69, 9.17) is 16.3 Å². The lowest BCUT2D eigenvalue weighted by atomic mass is 10.2. The van der Waals surface area contributed by atoms with E-state index < -0.39 is 0 Å². The molecule has 1 aromatic heterocycles. The van der Waals surface area contributed by atoms with E-state index in [9.17, 15) is 4.39 Å². The van der Waals surface area contributed by atoms with Crippen molar-refractivity contribution in [2.45, 2.75) is 6.61 Å². The molecule has 88 valence electrons. The van der Waals surface area contributed by atoms with Gasteiger partial charge in [0, 0.05) is 16.2 Å². The number of hydrogen-bond donors (Lipinski definition) is 0. The molecule has 1 heterocycles. The summed E-state index contributed by atoms with van der Waals surface area (Å²) in [4.78, 5) is 3.90. The summed E-state index contributed by atoms with van der Waals surface area (Å²) in [6, 6.07) is 7.90. The van der Waals surface area contributed by atoms with Crippen molar-refractivity contribution in [3.8, 4) is 5.75 Å². The minimum atomic E-state index is -0.292. The van der Waals surface area contributed by atoms with Crippen molar-refractivity contribution in [2.75, 3.05) is 0 Å². The fourth-order valence-corrected chi connectivity index (χ4v) is 1.91. The Kier molecular flexibility index (Phi) is 3.97. The number of aromatic nitrogens is 1. The Morgan fingerprint density at radius 3 is 2.88 bits per heavy atom. The first-order valence-electron chi connectivity index (χ1n) is 4.84. The molecule has 0 saturated carbocycles. The van der Waals surface area contributed by atoms with E-state index in [2.05, 4.69) is 20.9 Å². The highest BCUT2D eigenvalue weighted by Gasteiger charge is 2.05. The van der Waals surface area contributed by atoms with Gasteiger partial charge in [0.25, 0.3) is 0 Å². The summed E-state index contributed by atoms with van der Waals surface area (Å²) in [5, 5.41) is 0.311. The maximum Gasteiger partial charge on any atom is 0.171 e. The number of rotatable bonds is 3. The van der Waals surface area contributed by atoms with E-state index in [1.807, 2.05) is 0 Å². The first kappa shape index (κ1) is 12.3. The van der Waals surface area contributed by atoms with Crippen LogP contribution in [0.15, 0.2) is 41.0 Å². The summed E-state index contributed by atoms with van der Waals surface area (Å²) in [6.07, 6.45) is 1.59. The minimum absolute atomic E-state index is 0.292. The van der Waals surface area contributed by atoms with E-state index in [0.29, 0.717) is 22.0 Å². The molecule has 2 aromatic rings. The summed E-state index contributed by atoms with van der Waals surface area (Å²) in [5.41, 5.74) is 0.839. The van der Waals surface area contributed by atoms with Gasteiger partial charge in [0.15, 0.2) is 10.9 Å². The van der Waals surface area contributed by atoms with Crippen LogP contribution in [0.4, 0.5) is 4.39 Å². The van der Waals surface area contributed by atoms with Crippen molar-refractivity contribution in [1.82, 2.24) is 4.98 Å². The first-order chi connectivity index (χ1) is 8.16. The van der Waals surface area contributed by atoms with Crippen molar-refractivity contribution >= 4 is 27.5 Å². The lowest BCUT2D eigenvalue weighted by Crippen LogP contribution is -1.97. The maximum absolute atomic E-state index is 12.9. The Balaban J connectivity index is 2.10. The highest BCUT2D eigenvalue weighted by Crippen LogP contribution is 2.24. The fourth-order valence-electron chi connectivity index (χ4n) is 1.27. The van der Waals surface area contributed by atoms with E-state index in [-0.39, 0.29) is 5.82 Å². The smallest absolute Gasteiger partial charge is 0.171 e. The topological polar surface area (TPSA) is 22.1 Å². The second-order valence-electron chi connectivity index (χ2n) is 3.32. The molecule has 0 amide bonds. The molecule has 2 nitrogen and oxygen atoms in total. The van der Waals surface area contributed by atoms with Crippen molar-refractivity contribution < 1.29 is 9.13 Å². The van der Waals surface area contributed by atoms with E-state index in [0.717, 1.165) is 5.56 Å². The van der Waals surface area contributed by atoms with E-state index in [1.54, 1.807) is 24.4 Å². The fraction of sp³-hybridized carbons (Fsp3) is 0.0833. The molecular weight excluding hydrogens is 308 g/mol. The molecule has 2 rings (SSSR count). The SMILES string of the molecule is Fc1ccc(COc2cccnc2Cl)c(Br)c1. The quantitative estimate of drug-likeness (QED) is 0.791. The Morgan fingerprint density at radius 2 is 2.18 bits per heavy atom. The van der Waals surface area contributed by atoms with Gasteiger partial charge >= 0.3 is 0 Å². The zero-order chi connectivity index (χ0) is 12.3. The van der Waals surface area contributed by atoms with Crippen LogP contribution in [0.2, 0.25) is 5.15 Å². The summed E-state index contributed by atoms with van der Waals surface area (Å²) in [5.74, 6) is 0.213. The molecule has 1 aromatic carbocycles. The lowest BCUT2D eigenvalue weighted by Gasteiger charge is -2.08. The molecule has 17 heavy (non-hydrogen) atoms. The second kappa shape index (κ2) is 5.47. The van der Waals surface area contributed by atoms with Crippen LogP contribution in [-0.4, -0.2) is 4.98 Å². The predicted molar refractivity (Wildman–Crippen MR) is 67.7 cm³/mol. The third-order valence-corrected chi connectivity index (χ3v) is 3.15. The van der Waals surface area contributed by atoms with Gasteiger partial charge in [-0.15, -0.1) is 0 Å². The molecule has 0 atom stereocenters. The summed E-state index contributed by atoms with van der Waals surface area (Å²) in [6.45, 7) is 0.298. The Bertz CT molecular complexity index is 536. The van der Waals surface area contributed by atoms with E-state index in [1.165, 1.54) is 12.1 Å². The molecule has 0 aliphatic heterocycles. The van der Waals surface area contributed by atoms with Gasteiger partial charge in [0.2, 0.25) is 0 Å². The molecule has 0 aliphatic carbocycles. The number of nitrogens with zero attached hydrogens (tertiary/aromatic N) is 1. The summed E-state index contributed by atoms with van der Waals surface area (Å²) < 4.78 is 19.0. The molecule has 0 fully saturated rings. The number of ether oxygens (including phenoxy) is 1. The number of benzene rings is 1. The number of hydrogen-bond acceptors (Lipinski definition) is 2.